The Morgan fingerprint density at radius 1 is 1.10 bits per heavy atom. The number of carbonyl (C=O) groups excluding carboxylic acids is 2. The Bertz CT molecular complexity index is 669. The second-order valence-electron chi connectivity index (χ2n) is 5.42. The summed E-state index contributed by atoms with van der Waals surface area (Å²) in [6, 6.07) is 8.00. The summed E-state index contributed by atoms with van der Waals surface area (Å²) in [7, 11) is 0. The number of fused-ring (bicyclic) bond motifs is 1. The van der Waals surface area contributed by atoms with Crippen LogP contribution in [0.25, 0.3) is 10.9 Å². The first-order valence-corrected chi connectivity index (χ1v) is 7.23. The highest BCUT2D eigenvalue weighted by Crippen LogP contribution is 2.19. The van der Waals surface area contributed by atoms with Crippen LogP contribution in [0, 0.1) is 0 Å². The number of nitrogens with zero attached hydrogens (tertiary/aromatic N) is 2. The lowest BCUT2D eigenvalue weighted by Crippen LogP contribution is -2.50. The minimum absolute atomic E-state index is 0.0822. The van der Waals surface area contributed by atoms with Gasteiger partial charge in [-0.05, 0) is 11.6 Å². The number of benzene rings is 1. The molecule has 5 heteroatoms. The van der Waals surface area contributed by atoms with Crippen molar-refractivity contribution < 1.29 is 9.59 Å². The van der Waals surface area contributed by atoms with Crippen molar-refractivity contribution in [1.29, 1.82) is 0 Å². The van der Waals surface area contributed by atoms with E-state index >= 15 is 0 Å². The standard InChI is InChI=1S/C16H19N3O2/c1-12(20)18-6-8-19(9-7-18)16(21)10-13-11-17-15-5-3-2-4-14(13)15/h2-5,11,17H,6-10H2,1H3. The molecule has 21 heavy (non-hydrogen) atoms. The third-order valence-corrected chi connectivity index (χ3v) is 4.09. The van der Waals surface area contributed by atoms with Gasteiger partial charge in [-0.15, -0.1) is 0 Å². The van der Waals surface area contributed by atoms with Crippen LogP contribution in [0.4, 0.5) is 0 Å². The molecule has 1 saturated heterocycles. The van der Waals surface area contributed by atoms with Crippen LogP contribution in [0.2, 0.25) is 0 Å². The maximum Gasteiger partial charge on any atom is 0.227 e. The number of aromatic nitrogens is 1. The van der Waals surface area contributed by atoms with Gasteiger partial charge < -0.3 is 14.8 Å². The maximum absolute atomic E-state index is 12.4. The van der Waals surface area contributed by atoms with Gasteiger partial charge in [0, 0.05) is 50.2 Å². The van der Waals surface area contributed by atoms with E-state index in [9.17, 15) is 9.59 Å². The van der Waals surface area contributed by atoms with Gasteiger partial charge in [0.25, 0.3) is 0 Å². The largest absolute Gasteiger partial charge is 0.361 e. The normalized spacial score (nSPS) is 15.5. The summed E-state index contributed by atoms with van der Waals surface area (Å²) < 4.78 is 0. The molecule has 1 fully saturated rings. The van der Waals surface area contributed by atoms with Crippen molar-refractivity contribution in [2.75, 3.05) is 26.2 Å². The molecule has 1 aromatic heterocycles. The highest BCUT2D eigenvalue weighted by Gasteiger charge is 2.22. The van der Waals surface area contributed by atoms with Crippen molar-refractivity contribution in [2.24, 2.45) is 0 Å². The van der Waals surface area contributed by atoms with E-state index in [1.54, 1.807) is 11.8 Å². The molecule has 3 rings (SSSR count). The molecule has 110 valence electrons. The van der Waals surface area contributed by atoms with Gasteiger partial charge in [0.15, 0.2) is 0 Å². The van der Waals surface area contributed by atoms with Gasteiger partial charge in [-0.3, -0.25) is 9.59 Å². The molecule has 1 aromatic carbocycles. The number of para-hydroxylation sites is 1. The summed E-state index contributed by atoms with van der Waals surface area (Å²) in [6.45, 7) is 4.09. The number of H-pyrrole nitrogens is 1. The first kappa shape index (κ1) is 13.7. The van der Waals surface area contributed by atoms with E-state index in [2.05, 4.69) is 4.98 Å². The molecule has 2 amide bonds. The van der Waals surface area contributed by atoms with Gasteiger partial charge in [0.1, 0.15) is 0 Å². The minimum atomic E-state index is 0.0822. The van der Waals surface area contributed by atoms with Gasteiger partial charge in [-0.25, -0.2) is 0 Å². The molecule has 2 aromatic rings. The summed E-state index contributed by atoms with van der Waals surface area (Å²) in [5.74, 6) is 0.210. The summed E-state index contributed by atoms with van der Waals surface area (Å²) in [5, 5.41) is 1.10. The average molecular weight is 285 g/mol. The second-order valence-corrected chi connectivity index (χ2v) is 5.42. The maximum atomic E-state index is 12.4. The number of nitrogens with one attached hydrogen (secondary N) is 1. The molecule has 5 nitrogen and oxygen atoms in total. The van der Waals surface area contributed by atoms with E-state index in [0.29, 0.717) is 32.6 Å². The molecule has 0 radical (unpaired) electrons. The smallest absolute Gasteiger partial charge is 0.227 e. The Morgan fingerprint density at radius 2 is 1.76 bits per heavy atom. The molecule has 1 aliphatic rings. The number of piperazine rings is 1. The third kappa shape index (κ3) is 2.77. The fourth-order valence-corrected chi connectivity index (χ4v) is 2.82. The minimum Gasteiger partial charge on any atom is -0.361 e. The molecule has 0 saturated carbocycles. The Kier molecular flexibility index (Phi) is 3.64. The number of aromatic amines is 1. The molecule has 1 N–H and O–H groups in total. The topological polar surface area (TPSA) is 56.4 Å². The Labute approximate surface area is 123 Å². The van der Waals surface area contributed by atoms with Crippen LogP contribution in [-0.2, 0) is 16.0 Å². The first-order valence-electron chi connectivity index (χ1n) is 7.23. The number of hydrogen-bond acceptors (Lipinski definition) is 2. The van der Waals surface area contributed by atoms with Crippen LogP contribution in [0.1, 0.15) is 12.5 Å². The monoisotopic (exact) mass is 285 g/mol. The fraction of sp³-hybridized carbons (Fsp3) is 0.375. The molecule has 0 aliphatic carbocycles. The van der Waals surface area contributed by atoms with E-state index in [-0.39, 0.29) is 11.8 Å². The quantitative estimate of drug-likeness (QED) is 0.907. The molecular weight excluding hydrogens is 266 g/mol. The Balaban J connectivity index is 1.66. The zero-order chi connectivity index (χ0) is 14.8. The molecular formula is C16H19N3O2. The number of rotatable bonds is 2. The average Bonchev–Trinajstić information content (AvgIpc) is 2.91. The summed E-state index contributed by atoms with van der Waals surface area (Å²) in [4.78, 5) is 30.5. The highest BCUT2D eigenvalue weighted by molar-refractivity contribution is 5.89. The number of carbonyl (C=O) groups is 2. The van der Waals surface area contributed by atoms with Crippen molar-refractivity contribution in [3.63, 3.8) is 0 Å². The number of hydrogen-bond donors (Lipinski definition) is 1. The van der Waals surface area contributed by atoms with E-state index in [1.807, 2.05) is 35.4 Å². The Hall–Kier alpha value is -2.30. The predicted molar refractivity (Wildman–Crippen MR) is 80.8 cm³/mol. The molecule has 1 aliphatic heterocycles. The SMILES string of the molecule is CC(=O)N1CCN(C(=O)Cc2c[nH]c3ccccc23)CC1. The van der Waals surface area contributed by atoms with Crippen molar-refractivity contribution in [3.8, 4) is 0 Å². The number of amides is 2. The van der Waals surface area contributed by atoms with Crippen LogP contribution in [0.3, 0.4) is 0 Å². The van der Waals surface area contributed by atoms with Crippen LogP contribution in [0.15, 0.2) is 30.5 Å². The van der Waals surface area contributed by atoms with Gasteiger partial charge in [0.2, 0.25) is 11.8 Å². The second kappa shape index (κ2) is 5.60. The van der Waals surface area contributed by atoms with E-state index in [0.717, 1.165) is 16.5 Å². The van der Waals surface area contributed by atoms with E-state index < -0.39 is 0 Å². The predicted octanol–water partition coefficient (Wildman–Crippen LogP) is 1.40. The summed E-state index contributed by atoms with van der Waals surface area (Å²) in [6.07, 6.45) is 2.32. The molecule has 0 unspecified atom stereocenters. The van der Waals surface area contributed by atoms with Crippen LogP contribution >= 0.6 is 0 Å². The summed E-state index contributed by atoms with van der Waals surface area (Å²) in [5.41, 5.74) is 2.09. The van der Waals surface area contributed by atoms with Gasteiger partial charge >= 0.3 is 0 Å². The van der Waals surface area contributed by atoms with Crippen LogP contribution < -0.4 is 0 Å². The first-order chi connectivity index (χ1) is 10.1. The van der Waals surface area contributed by atoms with Crippen molar-refractivity contribution in [3.05, 3.63) is 36.0 Å². The fourth-order valence-electron chi connectivity index (χ4n) is 2.82. The lowest BCUT2D eigenvalue weighted by molar-refractivity contribution is -0.137. The van der Waals surface area contributed by atoms with E-state index in [1.165, 1.54) is 0 Å². The van der Waals surface area contributed by atoms with Gasteiger partial charge in [-0.2, -0.15) is 0 Å². The lowest BCUT2D eigenvalue weighted by Gasteiger charge is -2.34. The molecule has 2 heterocycles. The summed E-state index contributed by atoms with van der Waals surface area (Å²) >= 11 is 0. The van der Waals surface area contributed by atoms with Gasteiger partial charge in [-0.1, -0.05) is 18.2 Å². The zero-order valence-corrected chi connectivity index (χ0v) is 12.1. The molecule has 0 atom stereocenters. The van der Waals surface area contributed by atoms with Gasteiger partial charge in [0.05, 0.1) is 6.42 Å². The Morgan fingerprint density at radius 3 is 2.48 bits per heavy atom. The molecule has 0 bridgehead atoms. The van der Waals surface area contributed by atoms with Crippen molar-refractivity contribution in [1.82, 2.24) is 14.8 Å². The third-order valence-electron chi connectivity index (χ3n) is 4.09. The zero-order valence-electron chi connectivity index (χ0n) is 12.1. The highest BCUT2D eigenvalue weighted by atomic mass is 16.2. The lowest BCUT2D eigenvalue weighted by atomic mass is 10.1. The van der Waals surface area contributed by atoms with Crippen LogP contribution in [0.5, 0.6) is 0 Å². The van der Waals surface area contributed by atoms with Crippen molar-refractivity contribution in [2.45, 2.75) is 13.3 Å². The van der Waals surface area contributed by atoms with Crippen molar-refractivity contribution >= 4 is 22.7 Å². The van der Waals surface area contributed by atoms with Crippen LogP contribution in [-0.4, -0.2) is 52.8 Å². The molecule has 0 spiro atoms. The van der Waals surface area contributed by atoms with E-state index in [4.69, 9.17) is 0 Å².